The van der Waals surface area contributed by atoms with Crippen LogP contribution in [0.25, 0.3) is 0 Å². The molecule has 2 nitrogen and oxygen atoms in total. The molecule has 0 aromatic heterocycles. The topological polar surface area (TPSA) is 21.3 Å². The smallest absolute Gasteiger partial charge is 0.124 e. The summed E-state index contributed by atoms with van der Waals surface area (Å²) >= 11 is 0. The molecule has 25 heavy (non-hydrogen) atoms. The molecule has 1 atom stereocenters. The van der Waals surface area contributed by atoms with Gasteiger partial charge >= 0.3 is 0 Å². The van der Waals surface area contributed by atoms with Crippen LogP contribution in [0.3, 0.4) is 0 Å². The highest BCUT2D eigenvalue weighted by atomic mass is 16.5. The Bertz CT molecular complexity index is 798. The Morgan fingerprint density at radius 2 is 1.64 bits per heavy atom. The molecule has 3 rings (SSSR count). The van der Waals surface area contributed by atoms with Crippen molar-refractivity contribution in [3.63, 3.8) is 0 Å². The lowest BCUT2D eigenvalue weighted by molar-refractivity contribution is 0.301. The van der Waals surface area contributed by atoms with E-state index in [9.17, 15) is 0 Å². The molecule has 2 heteroatoms. The van der Waals surface area contributed by atoms with E-state index in [1.807, 2.05) is 18.2 Å². The lowest BCUT2D eigenvalue weighted by atomic mass is 10.1. The molecular formula is C23H25NO. The molecule has 0 fully saturated rings. The lowest BCUT2D eigenvalue weighted by Crippen LogP contribution is -2.18. The van der Waals surface area contributed by atoms with Crippen molar-refractivity contribution < 1.29 is 4.74 Å². The molecule has 0 aliphatic heterocycles. The highest BCUT2D eigenvalue weighted by Crippen LogP contribution is 2.21. The zero-order valence-corrected chi connectivity index (χ0v) is 14.9. The maximum absolute atomic E-state index is 6.08. The minimum absolute atomic E-state index is 0.297. The van der Waals surface area contributed by atoms with Gasteiger partial charge in [0.1, 0.15) is 12.4 Å². The van der Waals surface area contributed by atoms with E-state index in [1.165, 1.54) is 22.3 Å². The van der Waals surface area contributed by atoms with Gasteiger partial charge < -0.3 is 10.1 Å². The fraction of sp³-hybridized carbons (Fsp3) is 0.217. The normalized spacial score (nSPS) is 11.9. The predicted octanol–water partition coefficient (Wildman–Crippen LogP) is 5.42. The first kappa shape index (κ1) is 17.2. The highest BCUT2D eigenvalue weighted by molar-refractivity contribution is 5.34. The first-order valence-corrected chi connectivity index (χ1v) is 8.77. The minimum Gasteiger partial charge on any atom is -0.489 e. The second-order valence-corrected chi connectivity index (χ2v) is 6.40. The van der Waals surface area contributed by atoms with Gasteiger partial charge in [-0.05, 0) is 31.0 Å². The summed E-state index contributed by atoms with van der Waals surface area (Å²) < 4.78 is 6.08. The maximum atomic E-state index is 6.08. The quantitative estimate of drug-likeness (QED) is 0.624. The van der Waals surface area contributed by atoms with Crippen molar-refractivity contribution in [1.29, 1.82) is 0 Å². The summed E-state index contributed by atoms with van der Waals surface area (Å²) in [4.78, 5) is 0. The van der Waals surface area contributed by atoms with Crippen LogP contribution in [-0.2, 0) is 13.2 Å². The van der Waals surface area contributed by atoms with Gasteiger partial charge in [-0.25, -0.2) is 0 Å². The zero-order chi connectivity index (χ0) is 17.5. The molecule has 0 spiro atoms. The van der Waals surface area contributed by atoms with Gasteiger partial charge in [0.2, 0.25) is 0 Å². The van der Waals surface area contributed by atoms with Crippen LogP contribution in [0.2, 0.25) is 0 Å². The monoisotopic (exact) mass is 331 g/mol. The summed E-state index contributed by atoms with van der Waals surface area (Å²) in [5.41, 5.74) is 4.92. The Morgan fingerprint density at radius 3 is 2.44 bits per heavy atom. The number of benzene rings is 3. The lowest BCUT2D eigenvalue weighted by Gasteiger charge is -2.16. The van der Waals surface area contributed by atoms with Gasteiger partial charge in [-0.1, -0.05) is 78.4 Å². The van der Waals surface area contributed by atoms with Crippen molar-refractivity contribution in [2.24, 2.45) is 0 Å². The molecule has 0 saturated heterocycles. The van der Waals surface area contributed by atoms with Crippen LogP contribution in [0.5, 0.6) is 5.75 Å². The fourth-order valence-electron chi connectivity index (χ4n) is 2.88. The SMILES string of the molecule is Cc1cccc(COc2ccccc2CN[C@H](C)c2ccccc2)c1. The van der Waals surface area contributed by atoms with Crippen molar-refractivity contribution in [3.05, 3.63) is 101 Å². The molecule has 0 bridgehead atoms. The third-order valence-electron chi connectivity index (χ3n) is 4.35. The Hall–Kier alpha value is -2.58. The van der Waals surface area contributed by atoms with Crippen LogP contribution in [0, 0.1) is 6.92 Å². The third-order valence-corrected chi connectivity index (χ3v) is 4.35. The van der Waals surface area contributed by atoms with Crippen LogP contribution in [-0.4, -0.2) is 0 Å². The number of rotatable bonds is 7. The molecule has 0 unspecified atom stereocenters. The molecule has 3 aromatic carbocycles. The summed E-state index contributed by atoms with van der Waals surface area (Å²) in [7, 11) is 0. The summed E-state index contributed by atoms with van der Waals surface area (Å²) in [6.45, 7) is 5.66. The van der Waals surface area contributed by atoms with Crippen LogP contribution >= 0.6 is 0 Å². The Kier molecular flexibility index (Phi) is 5.86. The van der Waals surface area contributed by atoms with Gasteiger partial charge in [-0.3, -0.25) is 0 Å². The Balaban J connectivity index is 1.62. The van der Waals surface area contributed by atoms with Gasteiger partial charge in [0, 0.05) is 18.2 Å². The molecule has 128 valence electrons. The molecule has 3 aromatic rings. The average molecular weight is 331 g/mol. The number of ether oxygens (including phenoxy) is 1. The van der Waals surface area contributed by atoms with Gasteiger partial charge in [0.15, 0.2) is 0 Å². The molecule has 0 radical (unpaired) electrons. The van der Waals surface area contributed by atoms with Crippen molar-refractivity contribution in [1.82, 2.24) is 5.32 Å². The van der Waals surface area contributed by atoms with Crippen LogP contribution in [0.4, 0.5) is 0 Å². The van der Waals surface area contributed by atoms with Crippen LogP contribution in [0.15, 0.2) is 78.9 Å². The predicted molar refractivity (Wildman–Crippen MR) is 104 cm³/mol. The van der Waals surface area contributed by atoms with E-state index in [-0.39, 0.29) is 0 Å². The number of para-hydroxylation sites is 1. The fourth-order valence-corrected chi connectivity index (χ4v) is 2.88. The summed E-state index contributed by atoms with van der Waals surface area (Å²) in [5.74, 6) is 0.941. The van der Waals surface area contributed by atoms with E-state index in [2.05, 4.69) is 79.8 Å². The Morgan fingerprint density at radius 1 is 0.880 bits per heavy atom. The van der Waals surface area contributed by atoms with E-state index in [1.54, 1.807) is 0 Å². The van der Waals surface area contributed by atoms with E-state index in [0.717, 1.165) is 12.3 Å². The van der Waals surface area contributed by atoms with Crippen LogP contribution in [0.1, 0.15) is 35.2 Å². The molecule has 0 saturated carbocycles. The summed E-state index contributed by atoms with van der Waals surface area (Å²) in [6.07, 6.45) is 0. The largest absolute Gasteiger partial charge is 0.489 e. The molecule has 0 aliphatic carbocycles. The molecule has 0 aliphatic rings. The summed E-state index contributed by atoms with van der Waals surface area (Å²) in [6, 6.07) is 27.5. The van der Waals surface area contributed by atoms with Crippen molar-refractivity contribution >= 4 is 0 Å². The zero-order valence-electron chi connectivity index (χ0n) is 14.9. The highest BCUT2D eigenvalue weighted by Gasteiger charge is 2.07. The molecule has 0 amide bonds. The van der Waals surface area contributed by atoms with E-state index < -0.39 is 0 Å². The van der Waals surface area contributed by atoms with Gasteiger partial charge in [-0.15, -0.1) is 0 Å². The first-order chi connectivity index (χ1) is 12.2. The average Bonchev–Trinajstić information content (AvgIpc) is 2.66. The van der Waals surface area contributed by atoms with Gasteiger partial charge in [0.25, 0.3) is 0 Å². The van der Waals surface area contributed by atoms with Crippen LogP contribution < -0.4 is 10.1 Å². The molecular weight excluding hydrogens is 306 g/mol. The molecule has 0 heterocycles. The minimum atomic E-state index is 0.297. The molecule has 1 N–H and O–H groups in total. The number of aryl methyl sites for hydroxylation is 1. The van der Waals surface area contributed by atoms with Crippen molar-refractivity contribution in [2.45, 2.75) is 33.0 Å². The second-order valence-electron chi connectivity index (χ2n) is 6.40. The Labute approximate surface area is 150 Å². The third kappa shape index (κ3) is 4.94. The van der Waals surface area contributed by atoms with Gasteiger partial charge in [-0.2, -0.15) is 0 Å². The van der Waals surface area contributed by atoms with E-state index >= 15 is 0 Å². The van der Waals surface area contributed by atoms with E-state index in [4.69, 9.17) is 4.74 Å². The summed E-state index contributed by atoms with van der Waals surface area (Å²) in [5, 5.41) is 3.58. The standard InChI is InChI=1S/C23H25NO/c1-18-9-8-10-20(15-18)17-25-23-14-7-6-13-22(23)16-24-19(2)21-11-4-3-5-12-21/h3-15,19,24H,16-17H2,1-2H3/t19-/m1/s1. The van der Waals surface area contributed by atoms with E-state index in [0.29, 0.717) is 12.6 Å². The van der Waals surface area contributed by atoms with Gasteiger partial charge in [0.05, 0.1) is 0 Å². The second kappa shape index (κ2) is 8.50. The maximum Gasteiger partial charge on any atom is 0.124 e. The first-order valence-electron chi connectivity index (χ1n) is 8.77. The van der Waals surface area contributed by atoms with Crippen molar-refractivity contribution in [3.8, 4) is 5.75 Å². The van der Waals surface area contributed by atoms with Crippen molar-refractivity contribution in [2.75, 3.05) is 0 Å². The number of hydrogen-bond acceptors (Lipinski definition) is 2. The number of hydrogen-bond donors (Lipinski definition) is 1. The number of nitrogens with one attached hydrogen (secondary N) is 1.